The van der Waals surface area contributed by atoms with Crippen LogP contribution >= 0.6 is 0 Å². The van der Waals surface area contributed by atoms with Crippen LogP contribution < -0.4 is 0 Å². The predicted octanol–water partition coefficient (Wildman–Crippen LogP) is 4.27. The van der Waals surface area contributed by atoms with E-state index >= 15 is 0 Å². The zero-order chi connectivity index (χ0) is 16.5. The Kier molecular flexibility index (Phi) is 3.90. The van der Waals surface area contributed by atoms with Crippen molar-refractivity contribution in [2.75, 3.05) is 19.6 Å². The number of rotatable bonds is 3. The molecular weight excluding hydrogens is 301 g/mol. The van der Waals surface area contributed by atoms with Crippen LogP contribution in [0.25, 0.3) is 22.2 Å². The Morgan fingerprint density at radius 1 is 1.12 bits per heavy atom. The summed E-state index contributed by atoms with van der Waals surface area (Å²) in [7, 11) is 0. The third kappa shape index (κ3) is 2.85. The number of hydrogen-bond donors (Lipinski definition) is 0. The Balaban J connectivity index is 1.62. The molecule has 1 aliphatic heterocycles. The summed E-state index contributed by atoms with van der Waals surface area (Å²) in [5.74, 6) is -0.234. The quantitative estimate of drug-likeness (QED) is 0.718. The van der Waals surface area contributed by atoms with Crippen molar-refractivity contribution in [2.45, 2.75) is 13.3 Å². The second-order valence-corrected chi connectivity index (χ2v) is 6.21. The van der Waals surface area contributed by atoms with Crippen molar-refractivity contribution in [3.63, 3.8) is 0 Å². The van der Waals surface area contributed by atoms with Gasteiger partial charge in [-0.15, -0.1) is 0 Å². The zero-order valence-corrected chi connectivity index (χ0v) is 13.7. The second kappa shape index (κ2) is 6.21. The van der Waals surface area contributed by atoms with Crippen LogP contribution in [-0.2, 0) is 0 Å². The first kappa shape index (κ1) is 15.1. The maximum absolute atomic E-state index is 13.3. The van der Waals surface area contributed by atoms with Crippen LogP contribution in [0.2, 0.25) is 0 Å². The van der Waals surface area contributed by atoms with E-state index in [0.29, 0.717) is 0 Å². The lowest BCUT2D eigenvalue weighted by atomic mass is 10.0. The SMILES string of the molecule is CCN1CCC=C(c2ccc(-n3cc4cc(F)ccc4n3)cc2)C1. The van der Waals surface area contributed by atoms with Gasteiger partial charge in [0.05, 0.1) is 11.2 Å². The van der Waals surface area contributed by atoms with Crippen molar-refractivity contribution < 1.29 is 4.39 Å². The van der Waals surface area contributed by atoms with Crippen LogP contribution in [0.3, 0.4) is 0 Å². The Bertz CT molecular complexity index is 893. The Hall–Kier alpha value is -2.46. The van der Waals surface area contributed by atoms with Crippen LogP contribution in [0.5, 0.6) is 0 Å². The molecule has 0 radical (unpaired) electrons. The molecule has 0 bridgehead atoms. The molecule has 0 unspecified atom stereocenters. The van der Waals surface area contributed by atoms with Crippen LogP contribution in [0.15, 0.2) is 54.7 Å². The van der Waals surface area contributed by atoms with Gasteiger partial charge >= 0.3 is 0 Å². The number of nitrogens with zero attached hydrogens (tertiary/aromatic N) is 3. The number of aromatic nitrogens is 2. The minimum Gasteiger partial charge on any atom is -0.299 e. The number of fused-ring (bicyclic) bond motifs is 1. The molecule has 0 saturated heterocycles. The summed E-state index contributed by atoms with van der Waals surface area (Å²) >= 11 is 0. The summed E-state index contributed by atoms with van der Waals surface area (Å²) in [5.41, 5.74) is 4.44. The monoisotopic (exact) mass is 321 g/mol. The molecule has 122 valence electrons. The highest BCUT2D eigenvalue weighted by Gasteiger charge is 2.12. The fraction of sp³-hybridized carbons (Fsp3) is 0.250. The van der Waals surface area contributed by atoms with Crippen molar-refractivity contribution in [3.8, 4) is 5.69 Å². The molecule has 0 fully saturated rings. The summed E-state index contributed by atoms with van der Waals surface area (Å²) < 4.78 is 15.1. The third-order valence-electron chi connectivity index (χ3n) is 4.65. The summed E-state index contributed by atoms with van der Waals surface area (Å²) in [6.45, 7) is 5.46. The van der Waals surface area contributed by atoms with Gasteiger partial charge in [-0.3, -0.25) is 4.90 Å². The highest BCUT2D eigenvalue weighted by molar-refractivity contribution is 5.78. The molecule has 1 aliphatic rings. The van der Waals surface area contributed by atoms with E-state index in [1.54, 1.807) is 6.07 Å². The molecule has 0 amide bonds. The molecule has 0 spiro atoms. The van der Waals surface area contributed by atoms with Crippen LogP contribution in [-0.4, -0.2) is 34.3 Å². The summed E-state index contributed by atoms with van der Waals surface area (Å²) in [6, 6.07) is 13.1. The van der Waals surface area contributed by atoms with Gasteiger partial charge in [0.25, 0.3) is 0 Å². The highest BCUT2D eigenvalue weighted by Crippen LogP contribution is 2.23. The van der Waals surface area contributed by atoms with Crippen molar-refractivity contribution in [1.82, 2.24) is 14.7 Å². The average molecular weight is 321 g/mol. The Labute approximate surface area is 141 Å². The average Bonchev–Trinajstić information content (AvgIpc) is 3.05. The van der Waals surface area contributed by atoms with Crippen molar-refractivity contribution in [2.24, 2.45) is 0 Å². The highest BCUT2D eigenvalue weighted by atomic mass is 19.1. The van der Waals surface area contributed by atoms with Gasteiger partial charge in [-0.25, -0.2) is 9.07 Å². The molecule has 3 aromatic rings. The maximum atomic E-state index is 13.3. The van der Waals surface area contributed by atoms with Crippen molar-refractivity contribution in [1.29, 1.82) is 0 Å². The van der Waals surface area contributed by atoms with Gasteiger partial charge in [0.15, 0.2) is 0 Å². The minimum atomic E-state index is -0.234. The molecule has 0 N–H and O–H groups in total. The lowest BCUT2D eigenvalue weighted by molar-refractivity contribution is 0.321. The molecular formula is C20H20FN3. The van der Waals surface area contributed by atoms with Crippen LogP contribution in [0.4, 0.5) is 4.39 Å². The Morgan fingerprint density at radius 2 is 1.96 bits per heavy atom. The van der Waals surface area contributed by atoms with Gasteiger partial charge in [0.1, 0.15) is 5.82 Å². The number of benzene rings is 2. The first-order chi connectivity index (χ1) is 11.7. The fourth-order valence-electron chi connectivity index (χ4n) is 3.24. The lowest BCUT2D eigenvalue weighted by Gasteiger charge is -2.26. The first-order valence-electron chi connectivity index (χ1n) is 8.40. The van der Waals surface area contributed by atoms with Gasteiger partial charge in [0.2, 0.25) is 0 Å². The summed E-state index contributed by atoms with van der Waals surface area (Å²) in [6.07, 6.45) is 5.32. The van der Waals surface area contributed by atoms with Crippen molar-refractivity contribution >= 4 is 16.5 Å². The molecule has 3 nitrogen and oxygen atoms in total. The lowest BCUT2D eigenvalue weighted by Crippen LogP contribution is -2.29. The smallest absolute Gasteiger partial charge is 0.124 e. The summed E-state index contributed by atoms with van der Waals surface area (Å²) in [4.78, 5) is 2.46. The van der Waals surface area contributed by atoms with Gasteiger partial charge in [-0.05, 0) is 54.4 Å². The van der Waals surface area contributed by atoms with E-state index in [9.17, 15) is 4.39 Å². The van der Waals surface area contributed by atoms with Gasteiger partial charge in [-0.1, -0.05) is 25.1 Å². The minimum absolute atomic E-state index is 0.234. The third-order valence-corrected chi connectivity index (χ3v) is 4.65. The van der Waals surface area contributed by atoms with Gasteiger partial charge in [0, 0.05) is 24.7 Å². The number of halogens is 1. The molecule has 4 rings (SSSR count). The second-order valence-electron chi connectivity index (χ2n) is 6.21. The normalized spacial score (nSPS) is 15.7. The van der Waals surface area contributed by atoms with Gasteiger partial charge < -0.3 is 0 Å². The fourth-order valence-corrected chi connectivity index (χ4v) is 3.24. The van der Waals surface area contributed by atoms with E-state index < -0.39 is 0 Å². The topological polar surface area (TPSA) is 21.1 Å². The molecule has 24 heavy (non-hydrogen) atoms. The van der Waals surface area contributed by atoms with E-state index in [-0.39, 0.29) is 5.82 Å². The number of hydrogen-bond acceptors (Lipinski definition) is 2. The van der Waals surface area contributed by atoms with Crippen LogP contribution in [0.1, 0.15) is 18.9 Å². The molecule has 2 aromatic carbocycles. The molecule has 0 saturated carbocycles. The van der Waals surface area contributed by atoms with E-state index in [1.165, 1.54) is 23.3 Å². The Morgan fingerprint density at radius 3 is 2.75 bits per heavy atom. The van der Waals surface area contributed by atoms with Crippen molar-refractivity contribution in [3.05, 3.63) is 66.1 Å². The van der Waals surface area contributed by atoms with E-state index in [2.05, 4.69) is 47.3 Å². The van der Waals surface area contributed by atoms with Gasteiger partial charge in [-0.2, -0.15) is 5.10 Å². The zero-order valence-electron chi connectivity index (χ0n) is 13.7. The van der Waals surface area contributed by atoms with E-state index in [4.69, 9.17) is 0 Å². The molecule has 1 aromatic heterocycles. The summed E-state index contributed by atoms with van der Waals surface area (Å²) in [5, 5.41) is 5.33. The molecule has 0 aliphatic carbocycles. The van der Waals surface area contributed by atoms with E-state index in [1.807, 2.05) is 10.9 Å². The largest absolute Gasteiger partial charge is 0.299 e. The maximum Gasteiger partial charge on any atom is 0.124 e. The van der Waals surface area contributed by atoms with E-state index in [0.717, 1.165) is 42.6 Å². The predicted molar refractivity (Wildman–Crippen MR) is 95.7 cm³/mol. The molecule has 2 heterocycles. The molecule has 4 heteroatoms. The molecule has 0 atom stereocenters. The van der Waals surface area contributed by atoms with Crippen LogP contribution in [0, 0.1) is 5.82 Å². The number of likely N-dealkylation sites (N-methyl/N-ethyl adjacent to an activating group) is 1. The first-order valence-corrected chi connectivity index (χ1v) is 8.40. The standard InChI is InChI=1S/C20H20FN3/c1-2-23-11-3-4-16(13-23)15-5-8-19(9-6-15)24-14-17-12-18(21)7-10-20(17)22-24/h4-10,12,14H,2-3,11,13H2,1H3.